The average molecular weight is 479 g/mol. The Morgan fingerprint density at radius 1 is 1.03 bits per heavy atom. The van der Waals surface area contributed by atoms with Gasteiger partial charge in [0.05, 0.1) is 6.20 Å². The first-order chi connectivity index (χ1) is 16.2. The molecule has 192 valence electrons. The quantitative estimate of drug-likeness (QED) is 0.492. The van der Waals surface area contributed by atoms with Crippen molar-refractivity contribution < 1.29 is 9.32 Å². The maximum atomic E-state index is 14.4. The number of fused-ring (bicyclic) bond motifs is 8. The fraction of sp³-hybridized carbons (Fsp3) is 0.806. The minimum Gasteiger partial charge on any atom is -0.361 e. The zero-order chi connectivity index (χ0) is 25.2. The van der Waals surface area contributed by atoms with E-state index in [-0.39, 0.29) is 38.4 Å². The number of rotatable bonds is 1. The Kier molecular flexibility index (Phi) is 4.73. The van der Waals surface area contributed by atoms with E-state index in [1.807, 2.05) is 6.20 Å². The van der Waals surface area contributed by atoms with E-state index in [2.05, 4.69) is 59.7 Å². The summed E-state index contributed by atoms with van der Waals surface area (Å²) in [5, 5.41) is 4.21. The molecule has 0 bridgehead atoms. The lowest BCUT2D eigenvalue weighted by atomic mass is 9.34. The van der Waals surface area contributed by atoms with E-state index in [0.717, 1.165) is 38.0 Å². The first-order valence-corrected chi connectivity index (χ1v) is 14.1. The molecule has 0 radical (unpaired) electrons. The van der Waals surface area contributed by atoms with Gasteiger partial charge in [0, 0.05) is 16.9 Å². The van der Waals surface area contributed by atoms with Gasteiger partial charge in [0.1, 0.15) is 5.76 Å². The number of carbonyl (C=O) groups is 1. The maximum Gasteiger partial charge on any atom is 0.159 e. The van der Waals surface area contributed by atoms with Crippen LogP contribution in [0.3, 0.4) is 0 Å². The summed E-state index contributed by atoms with van der Waals surface area (Å²) in [6, 6.07) is 0. The second-order valence-corrected chi connectivity index (χ2v) is 15.3. The van der Waals surface area contributed by atoms with Crippen LogP contribution in [0, 0.1) is 44.8 Å². The van der Waals surface area contributed by atoms with Crippen LogP contribution >= 0.6 is 0 Å². The first kappa shape index (κ1) is 23.9. The summed E-state index contributed by atoms with van der Waals surface area (Å²) in [6.07, 6.45) is 13.2. The van der Waals surface area contributed by atoms with Crippen molar-refractivity contribution >= 4 is 5.78 Å². The standard InChI is InChI=1S/C31H46N2O2/c1-26(2)10-12-31(18-32)13-11-30(7)24(20(31)16-26)21(34)14-23-28(5)15-19-17-33-35-25(19)27(3,4)22(28)8-9-29(23,30)6/h14,17,20,22,24H,8-13,15-16,18,32H2,1-7H3/t20-,22-,24-,28-,29+,30+,31+/m0/s1. The van der Waals surface area contributed by atoms with E-state index >= 15 is 0 Å². The van der Waals surface area contributed by atoms with Crippen molar-refractivity contribution in [3.63, 3.8) is 0 Å². The van der Waals surface area contributed by atoms with Crippen molar-refractivity contribution in [3.8, 4) is 0 Å². The minimum atomic E-state index is -0.0868. The van der Waals surface area contributed by atoms with E-state index < -0.39 is 0 Å². The van der Waals surface area contributed by atoms with Crippen LogP contribution in [0.25, 0.3) is 0 Å². The number of hydrogen-bond acceptors (Lipinski definition) is 4. The summed E-state index contributed by atoms with van der Waals surface area (Å²) in [7, 11) is 0. The highest BCUT2D eigenvalue weighted by Gasteiger charge is 2.69. The summed E-state index contributed by atoms with van der Waals surface area (Å²) < 4.78 is 5.81. The number of carbonyl (C=O) groups excluding carboxylic acids is 1. The lowest BCUT2D eigenvalue weighted by Crippen LogP contribution is -2.65. The number of nitrogens with two attached hydrogens (primary N) is 1. The van der Waals surface area contributed by atoms with Crippen molar-refractivity contribution in [2.24, 2.45) is 50.6 Å². The molecule has 5 aliphatic carbocycles. The van der Waals surface area contributed by atoms with Crippen molar-refractivity contribution in [2.75, 3.05) is 6.54 Å². The third-order valence-corrected chi connectivity index (χ3v) is 12.9. The lowest BCUT2D eigenvalue weighted by Gasteiger charge is -2.69. The average Bonchev–Trinajstić information content (AvgIpc) is 3.24. The Hall–Kier alpha value is -1.42. The SMILES string of the molecule is CC1(C)CC[C@]2(CN)CC[C@]3(C)[C@H](C(=O)C=C4[C@@]5(C)Cc6cnoc6C(C)(C)[C@@H]5CC[C@]43C)[C@@H]2C1. The van der Waals surface area contributed by atoms with Crippen LogP contribution < -0.4 is 5.73 Å². The molecule has 7 atom stereocenters. The van der Waals surface area contributed by atoms with E-state index in [1.54, 1.807) is 0 Å². The molecule has 0 saturated heterocycles. The van der Waals surface area contributed by atoms with Crippen LogP contribution in [-0.4, -0.2) is 17.5 Å². The largest absolute Gasteiger partial charge is 0.361 e. The van der Waals surface area contributed by atoms with Crippen molar-refractivity contribution in [1.82, 2.24) is 5.16 Å². The van der Waals surface area contributed by atoms with Gasteiger partial charge in [0.2, 0.25) is 0 Å². The molecule has 0 amide bonds. The van der Waals surface area contributed by atoms with Crippen LogP contribution in [-0.2, 0) is 16.6 Å². The third-order valence-electron chi connectivity index (χ3n) is 12.9. The number of aromatic nitrogens is 1. The van der Waals surface area contributed by atoms with E-state index in [1.165, 1.54) is 36.8 Å². The molecule has 6 rings (SSSR count). The molecule has 1 heterocycles. The number of allylic oxidation sites excluding steroid dienone is 2. The minimum absolute atomic E-state index is 0.0159. The molecule has 2 N–H and O–H groups in total. The Bertz CT molecular complexity index is 1110. The highest BCUT2D eigenvalue weighted by Crippen LogP contribution is 2.74. The molecular formula is C31H46N2O2. The smallest absolute Gasteiger partial charge is 0.159 e. The molecule has 3 fully saturated rings. The van der Waals surface area contributed by atoms with Crippen LogP contribution in [0.5, 0.6) is 0 Å². The predicted molar refractivity (Wildman–Crippen MR) is 139 cm³/mol. The van der Waals surface area contributed by atoms with Gasteiger partial charge in [0.25, 0.3) is 0 Å². The van der Waals surface area contributed by atoms with Gasteiger partial charge in [-0.3, -0.25) is 4.79 Å². The number of hydrogen-bond donors (Lipinski definition) is 1. The second kappa shape index (κ2) is 6.91. The lowest BCUT2D eigenvalue weighted by molar-refractivity contribution is -0.170. The summed E-state index contributed by atoms with van der Waals surface area (Å²) in [6.45, 7) is 17.7. The highest BCUT2D eigenvalue weighted by molar-refractivity contribution is 5.95. The normalized spacial score (nSPS) is 47.5. The first-order valence-electron chi connectivity index (χ1n) is 14.1. The molecule has 0 aliphatic heterocycles. The fourth-order valence-electron chi connectivity index (χ4n) is 10.8. The topological polar surface area (TPSA) is 69.1 Å². The summed E-state index contributed by atoms with van der Waals surface area (Å²) >= 11 is 0. The van der Waals surface area contributed by atoms with E-state index in [0.29, 0.717) is 17.6 Å². The van der Waals surface area contributed by atoms with Gasteiger partial charge in [-0.2, -0.15) is 0 Å². The zero-order valence-corrected chi connectivity index (χ0v) is 23.1. The van der Waals surface area contributed by atoms with E-state index in [4.69, 9.17) is 10.3 Å². The van der Waals surface area contributed by atoms with Crippen molar-refractivity contribution in [2.45, 2.75) is 105 Å². The van der Waals surface area contributed by atoms with Crippen LogP contribution in [0.2, 0.25) is 0 Å². The van der Waals surface area contributed by atoms with Crippen molar-refractivity contribution in [3.05, 3.63) is 29.2 Å². The van der Waals surface area contributed by atoms with Gasteiger partial charge in [-0.25, -0.2) is 0 Å². The molecule has 5 aliphatic rings. The molecule has 0 spiro atoms. The summed E-state index contributed by atoms with van der Waals surface area (Å²) in [4.78, 5) is 14.4. The fourth-order valence-corrected chi connectivity index (χ4v) is 10.8. The molecule has 3 saturated carbocycles. The summed E-state index contributed by atoms with van der Waals surface area (Å²) in [5.41, 5.74) is 9.52. The molecule has 35 heavy (non-hydrogen) atoms. The van der Waals surface area contributed by atoms with Gasteiger partial charge < -0.3 is 10.3 Å². The predicted octanol–water partition coefficient (Wildman–Crippen LogP) is 6.63. The molecule has 0 unspecified atom stereocenters. The van der Waals surface area contributed by atoms with Crippen molar-refractivity contribution in [1.29, 1.82) is 0 Å². The second-order valence-electron chi connectivity index (χ2n) is 15.3. The van der Waals surface area contributed by atoms with Gasteiger partial charge in [-0.15, -0.1) is 0 Å². The Labute approximate surface area is 211 Å². The van der Waals surface area contributed by atoms with Crippen LogP contribution in [0.4, 0.5) is 0 Å². The van der Waals surface area contributed by atoms with Crippen LogP contribution in [0.15, 0.2) is 22.4 Å². The number of ketones is 1. The Morgan fingerprint density at radius 3 is 2.46 bits per heavy atom. The molecular weight excluding hydrogens is 432 g/mol. The van der Waals surface area contributed by atoms with Gasteiger partial charge in [-0.1, -0.05) is 59.2 Å². The van der Waals surface area contributed by atoms with Crippen LogP contribution in [0.1, 0.15) is 105 Å². The van der Waals surface area contributed by atoms with Gasteiger partial charge in [0.15, 0.2) is 5.78 Å². The van der Waals surface area contributed by atoms with Gasteiger partial charge >= 0.3 is 0 Å². The molecule has 1 aromatic heterocycles. The maximum absolute atomic E-state index is 14.4. The molecule has 4 heteroatoms. The van der Waals surface area contributed by atoms with E-state index in [9.17, 15) is 4.79 Å². The molecule has 4 nitrogen and oxygen atoms in total. The van der Waals surface area contributed by atoms with Gasteiger partial charge in [-0.05, 0) is 103 Å². The Morgan fingerprint density at radius 2 is 1.74 bits per heavy atom. The molecule has 1 aromatic rings. The Balaban J connectivity index is 1.50. The zero-order valence-electron chi connectivity index (χ0n) is 23.1. The summed E-state index contributed by atoms with van der Waals surface area (Å²) in [5.74, 6) is 2.40. The monoisotopic (exact) mass is 478 g/mol. The highest BCUT2D eigenvalue weighted by atomic mass is 16.5. The third kappa shape index (κ3) is 2.79. The molecule has 0 aromatic carbocycles. The number of nitrogens with zero attached hydrogens (tertiary/aromatic N) is 1.